The van der Waals surface area contributed by atoms with E-state index >= 15 is 0 Å². The van der Waals surface area contributed by atoms with Crippen molar-refractivity contribution in [3.8, 4) is 0 Å². The number of esters is 1. The molecule has 3 aromatic rings. The largest absolute Gasteiger partial charge is 0.462 e. The van der Waals surface area contributed by atoms with Gasteiger partial charge in [0.1, 0.15) is 6.33 Å². The standard InChI is InChI=1S/C22H22N4O4S/c1-14(2)12-30-22(27)16-6-8-17(9-7-16)25-20-19(26(28)29)21(24-13-23-20)31-18-10-4-15(3)5-11-18/h4-11,13-14H,12H2,1-3H3,(H,23,24,25). The number of benzene rings is 2. The van der Waals surface area contributed by atoms with Crippen molar-refractivity contribution in [3.05, 3.63) is 76.1 Å². The van der Waals surface area contributed by atoms with E-state index in [2.05, 4.69) is 15.3 Å². The summed E-state index contributed by atoms with van der Waals surface area (Å²) < 4.78 is 5.21. The number of rotatable bonds is 8. The minimum Gasteiger partial charge on any atom is -0.462 e. The number of aryl methyl sites for hydroxylation is 1. The first kappa shape index (κ1) is 22.2. The third kappa shape index (κ3) is 6.02. The molecule has 0 radical (unpaired) electrons. The van der Waals surface area contributed by atoms with Gasteiger partial charge in [-0.05, 0) is 49.2 Å². The lowest BCUT2D eigenvalue weighted by molar-refractivity contribution is -0.387. The molecule has 0 bridgehead atoms. The van der Waals surface area contributed by atoms with E-state index in [9.17, 15) is 14.9 Å². The molecule has 8 nitrogen and oxygen atoms in total. The zero-order valence-electron chi connectivity index (χ0n) is 17.4. The molecule has 0 fully saturated rings. The molecule has 1 aromatic heterocycles. The van der Waals surface area contributed by atoms with Crippen LogP contribution in [-0.4, -0.2) is 27.5 Å². The molecule has 31 heavy (non-hydrogen) atoms. The maximum absolute atomic E-state index is 12.0. The topological polar surface area (TPSA) is 107 Å². The number of hydrogen-bond acceptors (Lipinski definition) is 8. The highest BCUT2D eigenvalue weighted by molar-refractivity contribution is 7.99. The highest BCUT2D eigenvalue weighted by atomic mass is 32.2. The molecule has 0 saturated carbocycles. The summed E-state index contributed by atoms with van der Waals surface area (Å²) in [5.41, 5.74) is 1.83. The van der Waals surface area contributed by atoms with Crippen LogP contribution in [0.15, 0.2) is 64.8 Å². The number of hydrogen-bond donors (Lipinski definition) is 1. The van der Waals surface area contributed by atoms with Crippen molar-refractivity contribution < 1.29 is 14.5 Å². The number of nitro groups is 1. The molecule has 1 N–H and O–H groups in total. The molecule has 0 spiro atoms. The normalized spacial score (nSPS) is 10.7. The number of carbonyl (C=O) groups is 1. The summed E-state index contributed by atoms with van der Waals surface area (Å²) in [7, 11) is 0. The maximum Gasteiger partial charge on any atom is 0.343 e. The number of aromatic nitrogens is 2. The Balaban J connectivity index is 1.80. The summed E-state index contributed by atoms with van der Waals surface area (Å²) in [6, 6.07) is 14.1. The predicted molar refractivity (Wildman–Crippen MR) is 119 cm³/mol. The molecule has 3 rings (SSSR count). The van der Waals surface area contributed by atoms with Gasteiger partial charge in [0.05, 0.1) is 17.1 Å². The second-order valence-corrected chi connectivity index (χ2v) is 8.31. The van der Waals surface area contributed by atoms with E-state index in [4.69, 9.17) is 4.74 Å². The van der Waals surface area contributed by atoms with Gasteiger partial charge in [0, 0.05) is 10.6 Å². The fourth-order valence-electron chi connectivity index (χ4n) is 2.56. The van der Waals surface area contributed by atoms with Gasteiger partial charge in [0.25, 0.3) is 0 Å². The molecule has 0 unspecified atom stereocenters. The van der Waals surface area contributed by atoms with Gasteiger partial charge >= 0.3 is 11.7 Å². The van der Waals surface area contributed by atoms with Crippen molar-refractivity contribution in [2.75, 3.05) is 11.9 Å². The third-order valence-corrected chi connectivity index (χ3v) is 5.14. The first-order valence-electron chi connectivity index (χ1n) is 9.61. The first-order chi connectivity index (χ1) is 14.8. The molecule has 0 atom stereocenters. The van der Waals surface area contributed by atoms with Crippen molar-refractivity contribution >= 4 is 34.9 Å². The van der Waals surface area contributed by atoms with Crippen LogP contribution in [0.5, 0.6) is 0 Å². The van der Waals surface area contributed by atoms with Crippen molar-refractivity contribution in [3.63, 3.8) is 0 Å². The summed E-state index contributed by atoms with van der Waals surface area (Å²) >= 11 is 1.20. The Hall–Kier alpha value is -3.46. The van der Waals surface area contributed by atoms with Crippen molar-refractivity contribution in [1.82, 2.24) is 9.97 Å². The van der Waals surface area contributed by atoms with Crippen LogP contribution in [0.4, 0.5) is 17.2 Å². The molecule has 2 aromatic carbocycles. The third-order valence-electron chi connectivity index (χ3n) is 4.14. The Bertz CT molecular complexity index is 1070. The second kappa shape index (κ2) is 10.0. The average Bonchev–Trinajstić information content (AvgIpc) is 2.74. The van der Waals surface area contributed by atoms with E-state index in [1.165, 1.54) is 18.1 Å². The molecule has 160 valence electrons. The monoisotopic (exact) mass is 438 g/mol. The van der Waals surface area contributed by atoms with E-state index < -0.39 is 10.9 Å². The predicted octanol–water partition coefficient (Wildman–Crippen LogP) is 5.40. The van der Waals surface area contributed by atoms with Crippen LogP contribution >= 0.6 is 11.8 Å². The van der Waals surface area contributed by atoms with E-state index in [-0.39, 0.29) is 22.4 Å². The molecule has 0 aliphatic heterocycles. The summed E-state index contributed by atoms with van der Waals surface area (Å²) in [4.78, 5) is 32.3. The zero-order chi connectivity index (χ0) is 22.4. The van der Waals surface area contributed by atoms with Gasteiger partial charge < -0.3 is 10.1 Å². The minimum absolute atomic E-state index is 0.0738. The molecular weight excluding hydrogens is 416 g/mol. The Labute approximate surface area is 184 Å². The number of carbonyl (C=O) groups excluding carboxylic acids is 1. The summed E-state index contributed by atoms with van der Waals surface area (Å²) in [5, 5.41) is 14.9. The van der Waals surface area contributed by atoms with E-state index in [0.29, 0.717) is 17.9 Å². The highest BCUT2D eigenvalue weighted by Gasteiger charge is 2.24. The van der Waals surface area contributed by atoms with Gasteiger partial charge in [-0.25, -0.2) is 14.8 Å². The Kier molecular flexibility index (Phi) is 7.19. The van der Waals surface area contributed by atoms with E-state index in [1.807, 2.05) is 45.0 Å². The molecule has 1 heterocycles. The van der Waals surface area contributed by atoms with Gasteiger partial charge in [0.2, 0.25) is 5.82 Å². The quantitative estimate of drug-likeness (QED) is 0.216. The highest BCUT2D eigenvalue weighted by Crippen LogP contribution is 2.37. The smallest absolute Gasteiger partial charge is 0.343 e. The lowest BCUT2D eigenvalue weighted by Crippen LogP contribution is -2.10. The minimum atomic E-state index is -0.503. The van der Waals surface area contributed by atoms with Gasteiger partial charge in [-0.2, -0.15) is 0 Å². The van der Waals surface area contributed by atoms with Crippen LogP contribution < -0.4 is 5.32 Å². The van der Waals surface area contributed by atoms with Crippen LogP contribution in [0, 0.1) is 23.0 Å². The maximum atomic E-state index is 12.0. The van der Waals surface area contributed by atoms with Gasteiger partial charge in [-0.3, -0.25) is 10.1 Å². The van der Waals surface area contributed by atoms with Gasteiger partial charge in [-0.1, -0.05) is 43.3 Å². The van der Waals surface area contributed by atoms with Crippen LogP contribution in [0.1, 0.15) is 29.8 Å². The molecule has 9 heteroatoms. The van der Waals surface area contributed by atoms with Crippen LogP contribution in [-0.2, 0) is 4.74 Å². The fourth-order valence-corrected chi connectivity index (χ4v) is 3.43. The number of anilines is 2. The summed E-state index contributed by atoms with van der Waals surface area (Å²) in [6.07, 6.45) is 1.28. The number of nitrogens with zero attached hydrogens (tertiary/aromatic N) is 3. The van der Waals surface area contributed by atoms with E-state index in [1.54, 1.807) is 24.3 Å². The summed E-state index contributed by atoms with van der Waals surface area (Å²) in [6.45, 7) is 6.23. The Morgan fingerprint density at radius 3 is 2.42 bits per heavy atom. The summed E-state index contributed by atoms with van der Waals surface area (Å²) in [5.74, 6) is -0.0926. The van der Waals surface area contributed by atoms with Crippen LogP contribution in [0.3, 0.4) is 0 Å². The van der Waals surface area contributed by atoms with Crippen molar-refractivity contribution in [2.24, 2.45) is 5.92 Å². The molecule has 0 aliphatic rings. The average molecular weight is 439 g/mol. The lowest BCUT2D eigenvalue weighted by atomic mass is 10.2. The second-order valence-electron chi connectivity index (χ2n) is 7.24. The number of ether oxygens (including phenoxy) is 1. The van der Waals surface area contributed by atoms with E-state index in [0.717, 1.165) is 10.5 Å². The van der Waals surface area contributed by atoms with Crippen molar-refractivity contribution in [2.45, 2.75) is 30.7 Å². The van der Waals surface area contributed by atoms with Crippen LogP contribution in [0.25, 0.3) is 0 Å². The lowest BCUT2D eigenvalue weighted by Gasteiger charge is -2.10. The fraction of sp³-hybridized carbons (Fsp3) is 0.227. The molecular formula is C22H22N4O4S. The number of nitrogens with one attached hydrogen (secondary N) is 1. The Morgan fingerprint density at radius 1 is 1.13 bits per heavy atom. The Morgan fingerprint density at radius 2 is 1.81 bits per heavy atom. The zero-order valence-corrected chi connectivity index (χ0v) is 18.2. The van der Waals surface area contributed by atoms with Gasteiger partial charge in [-0.15, -0.1) is 0 Å². The van der Waals surface area contributed by atoms with Gasteiger partial charge in [0.15, 0.2) is 5.03 Å². The molecule has 0 amide bonds. The van der Waals surface area contributed by atoms with Crippen molar-refractivity contribution in [1.29, 1.82) is 0 Å². The SMILES string of the molecule is Cc1ccc(Sc2ncnc(Nc3ccc(C(=O)OCC(C)C)cc3)c2[N+](=O)[O-])cc1. The molecule has 0 aliphatic carbocycles. The first-order valence-corrected chi connectivity index (χ1v) is 10.4. The van der Waals surface area contributed by atoms with Crippen LogP contribution in [0.2, 0.25) is 0 Å². The molecule has 0 saturated heterocycles.